The molecule has 2 heterocycles. The average Bonchev–Trinajstić information content (AvgIpc) is 2.37. The van der Waals surface area contributed by atoms with Gasteiger partial charge in [0, 0.05) is 31.1 Å². The van der Waals surface area contributed by atoms with E-state index in [-0.39, 0.29) is 6.09 Å². The zero-order chi connectivity index (χ0) is 12.3. The highest BCUT2D eigenvalue weighted by atomic mass is 16.5. The first-order valence-corrected chi connectivity index (χ1v) is 5.61. The van der Waals surface area contributed by atoms with E-state index >= 15 is 0 Å². The molecule has 0 bridgehead atoms. The molecule has 0 fully saturated rings. The lowest BCUT2D eigenvalue weighted by Gasteiger charge is -2.26. The van der Waals surface area contributed by atoms with Crippen LogP contribution >= 0.6 is 0 Å². The summed E-state index contributed by atoms with van der Waals surface area (Å²) in [5, 5.41) is 0. The first kappa shape index (κ1) is 11.8. The molecule has 2 rings (SSSR count). The summed E-state index contributed by atoms with van der Waals surface area (Å²) in [5.41, 5.74) is 7.47. The Bertz CT molecular complexity index is 422. The third-order valence-electron chi connectivity index (χ3n) is 2.78. The number of nitrogens with zero attached hydrogens (tertiary/aromatic N) is 3. The average molecular weight is 236 g/mol. The monoisotopic (exact) mass is 236 g/mol. The summed E-state index contributed by atoms with van der Waals surface area (Å²) in [6.07, 6.45) is 2.91. The topological polar surface area (TPSA) is 81.3 Å². The molecule has 1 aliphatic heterocycles. The molecule has 1 amide bonds. The van der Waals surface area contributed by atoms with Crippen LogP contribution < -0.4 is 5.73 Å². The van der Waals surface area contributed by atoms with Gasteiger partial charge in [-0.15, -0.1) is 0 Å². The van der Waals surface area contributed by atoms with E-state index in [1.54, 1.807) is 11.1 Å². The van der Waals surface area contributed by atoms with E-state index in [0.29, 0.717) is 26.1 Å². The smallest absolute Gasteiger partial charge is 0.409 e. The molecule has 0 saturated carbocycles. The number of hydrogen-bond acceptors (Lipinski definition) is 5. The quantitative estimate of drug-likeness (QED) is 0.787. The van der Waals surface area contributed by atoms with Crippen molar-refractivity contribution in [3.8, 4) is 0 Å². The Kier molecular flexibility index (Phi) is 3.53. The second kappa shape index (κ2) is 5.09. The molecule has 0 spiro atoms. The maximum Gasteiger partial charge on any atom is 0.409 e. The van der Waals surface area contributed by atoms with Crippen LogP contribution in [0.15, 0.2) is 6.20 Å². The summed E-state index contributed by atoms with van der Waals surface area (Å²) in [5.74, 6) is 0.776. The van der Waals surface area contributed by atoms with Crippen LogP contribution in [-0.2, 0) is 24.1 Å². The molecular weight excluding hydrogens is 220 g/mol. The molecule has 92 valence electrons. The number of nitrogens with two attached hydrogens (primary N) is 1. The van der Waals surface area contributed by atoms with Gasteiger partial charge in [0.05, 0.1) is 19.3 Å². The third-order valence-corrected chi connectivity index (χ3v) is 2.78. The van der Waals surface area contributed by atoms with Gasteiger partial charge in [-0.3, -0.25) is 0 Å². The Hall–Kier alpha value is -1.69. The van der Waals surface area contributed by atoms with Gasteiger partial charge >= 0.3 is 6.09 Å². The molecule has 1 aromatic heterocycles. The Morgan fingerprint density at radius 1 is 1.65 bits per heavy atom. The predicted octanol–water partition coefficient (Wildman–Crippen LogP) is 0.102. The molecule has 0 radical (unpaired) electrons. The molecule has 17 heavy (non-hydrogen) atoms. The summed E-state index contributed by atoms with van der Waals surface area (Å²) in [6.45, 7) is 1.71. The van der Waals surface area contributed by atoms with Gasteiger partial charge in [0.1, 0.15) is 5.82 Å². The molecule has 0 aliphatic carbocycles. The highest BCUT2D eigenvalue weighted by molar-refractivity contribution is 5.67. The number of methoxy groups -OCH3 is 1. The molecule has 0 aromatic carbocycles. The molecule has 0 unspecified atom stereocenters. The molecule has 6 nitrogen and oxygen atoms in total. The van der Waals surface area contributed by atoms with E-state index in [1.807, 2.05) is 0 Å². The van der Waals surface area contributed by atoms with Crippen molar-refractivity contribution in [3.05, 3.63) is 23.3 Å². The second-order valence-electron chi connectivity index (χ2n) is 3.94. The summed E-state index contributed by atoms with van der Waals surface area (Å²) >= 11 is 0. The van der Waals surface area contributed by atoms with Crippen LogP contribution in [0.2, 0.25) is 0 Å². The zero-order valence-electron chi connectivity index (χ0n) is 9.85. The zero-order valence-corrected chi connectivity index (χ0v) is 9.85. The van der Waals surface area contributed by atoms with E-state index in [9.17, 15) is 4.79 Å². The van der Waals surface area contributed by atoms with Gasteiger partial charge in [0.2, 0.25) is 0 Å². The van der Waals surface area contributed by atoms with Crippen LogP contribution in [0.4, 0.5) is 4.79 Å². The highest BCUT2D eigenvalue weighted by Gasteiger charge is 2.22. The molecule has 2 N–H and O–H groups in total. The van der Waals surface area contributed by atoms with Crippen LogP contribution in [0.1, 0.15) is 17.1 Å². The number of hydrogen-bond donors (Lipinski definition) is 1. The Morgan fingerprint density at radius 2 is 2.47 bits per heavy atom. The minimum atomic E-state index is -0.304. The number of amides is 1. The minimum absolute atomic E-state index is 0.304. The molecule has 1 aromatic rings. The number of carbonyl (C=O) groups excluding carboxylic acids is 1. The van der Waals surface area contributed by atoms with Crippen LogP contribution in [0, 0.1) is 0 Å². The fraction of sp³-hybridized carbons (Fsp3) is 0.545. The normalized spacial score (nSPS) is 14.4. The van der Waals surface area contributed by atoms with E-state index < -0.39 is 0 Å². The van der Waals surface area contributed by atoms with E-state index in [2.05, 4.69) is 9.97 Å². The van der Waals surface area contributed by atoms with E-state index in [1.165, 1.54) is 7.11 Å². The van der Waals surface area contributed by atoms with Crippen molar-refractivity contribution >= 4 is 6.09 Å². The number of fused-ring (bicyclic) bond motifs is 1. The van der Waals surface area contributed by atoms with E-state index in [4.69, 9.17) is 10.5 Å². The molecule has 6 heteroatoms. The molecular formula is C11H16N4O2. The maximum absolute atomic E-state index is 11.4. The van der Waals surface area contributed by atoms with Crippen molar-refractivity contribution in [1.29, 1.82) is 0 Å². The van der Waals surface area contributed by atoms with Gasteiger partial charge in [-0.05, 0) is 6.54 Å². The van der Waals surface area contributed by atoms with Crippen molar-refractivity contribution in [2.45, 2.75) is 19.4 Å². The lowest BCUT2D eigenvalue weighted by molar-refractivity contribution is 0.118. The number of rotatable bonds is 2. The van der Waals surface area contributed by atoms with Gasteiger partial charge in [-0.25, -0.2) is 14.8 Å². The maximum atomic E-state index is 11.4. The Labute approximate surface area is 99.8 Å². The van der Waals surface area contributed by atoms with Crippen molar-refractivity contribution in [3.63, 3.8) is 0 Å². The van der Waals surface area contributed by atoms with Crippen molar-refractivity contribution in [2.24, 2.45) is 5.73 Å². The largest absolute Gasteiger partial charge is 0.453 e. The first-order valence-electron chi connectivity index (χ1n) is 5.61. The van der Waals surface area contributed by atoms with Crippen molar-refractivity contribution < 1.29 is 9.53 Å². The second-order valence-corrected chi connectivity index (χ2v) is 3.94. The summed E-state index contributed by atoms with van der Waals surface area (Å²) in [7, 11) is 1.39. The standard InChI is InChI=1S/C11H16N4O2/c1-17-11(16)15-5-3-9-8(7-15)6-13-10(14-9)2-4-12/h6H,2-5,7,12H2,1H3. The van der Waals surface area contributed by atoms with Gasteiger partial charge in [0.25, 0.3) is 0 Å². The third kappa shape index (κ3) is 2.52. The minimum Gasteiger partial charge on any atom is -0.453 e. The number of carbonyl (C=O) groups is 1. The fourth-order valence-corrected chi connectivity index (χ4v) is 1.89. The number of aromatic nitrogens is 2. The number of ether oxygens (including phenoxy) is 1. The van der Waals surface area contributed by atoms with Crippen LogP contribution in [-0.4, -0.2) is 41.2 Å². The lowest BCUT2D eigenvalue weighted by Crippen LogP contribution is -2.36. The summed E-state index contributed by atoms with van der Waals surface area (Å²) < 4.78 is 4.70. The van der Waals surface area contributed by atoms with Crippen LogP contribution in [0.5, 0.6) is 0 Å². The highest BCUT2D eigenvalue weighted by Crippen LogP contribution is 2.16. The Morgan fingerprint density at radius 3 is 3.18 bits per heavy atom. The Balaban J connectivity index is 2.14. The predicted molar refractivity (Wildman–Crippen MR) is 61.3 cm³/mol. The van der Waals surface area contributed by atoms with E-state index in [0.717, 1.165) is 23.5 Å². The van der Waals surface area contributed by atoms with Gasteiger partial charge in [-0.2, -0.15) is 0 Å². The van der Waals surface area contributed by atoms with Crippen molar-refractivity contribution in [2.75, 3.05) is 20.2 Å². The SMILES string of the molecule is COC(=O)N1CCc2nc(CCN)ncc2C1. The molecule has 0 atom stereocenters. The lowest BCUT2D eigenvalue weighted by atomic mass is 10.1. The van der Waals surface area contributed by atoms with Crippen molar-refractivity contribution in [1.82, 2.24) is 14.9 Å². The van der Waals surface area contributed by atoms with Gasteiger partial charge < -0.3 is 15.4 Å². The van der Waals surface area contributed by atoms with Crippen LogP contribution in [0.3, 0.4) is 0 Å². The van der Waals surface area contributed by atoms with Gasteiger partial charge in [-0.1, -0.05) is 0 Å². The van der Waals surface area contributed by atoms with Gasteiger partial charge in [0.15, 0.2) is 0 Å². The fourth-order valence-electron chi connectivity index (χ4n) is 1.89. The summed E-state index contributed by atoms with van der Waals surface area (Å²) in [6, 6.07) is 0. The van der Waals surface area contributed by atoms with Crippen LogP contribution in [0.25, 0.3) is 0 Å². The summed E-state index contributed by atoms with van der Waals surface area (Å²) in [4.78, 5) is 21.7. The molecule has 1 aliphatic rings. The molecule has 0 saturated heterocycles. The first-order chi connectivity index (χ1) is 8.24.